The van der Waals surface area contributed by atoms with Gasteiger partial charge in [0.05, 0.1) is 5.69 Å². The van der Waals surface area contributed by atoms with Crippen LogP contribution in [0.25, 0.3) is 0 Å². The van der Waals surface area contributed by atoms with E-state index in [-0.39, 0.29) is 12.4 Å². The van der Waals surface area contributed by atoms with Gasteiger partial charge in [-0.3, -0.25) is 4.90 Å². The average molecular weight is 275 g/mol. The zero-order chi connectivity index (χ0) is 10.8. The number of hydrogen-bond donors (Lipinski definition) is 1. The minimum Gasteiger partial charge on any atom is -0.313 e. The molecule has 17 heavy (non-hydrogen) atoms. The summed E-state index contributed by atoms with van der Waals surface area (Å²) in [4.78, 5) is 2.58. The van der Waals surface area contributed by atoms with Crippen LogP contribution in [0.2, 0.25) is 0 Å². The topological polar surface area (TPSA) is 41.1 Å². The maximum Gasteiger partial charge on any atom is 0.0895 e. The molecule has 2 fully saturated rings. The van der Waals surface area contributed by atoms with E-state index in [4.69, 9.17) is 0 Å². The number of rotatable bonds is 5. The van der Waals surface area contributed by atoms with E-state index < -0.39 is 0 Å². The van der Waals surface area contributed by atoms with Gasteiger partial charge in [-0.05, 0) is 43.8 Å². The molecule has 0 radical (unpaired) electrons. The van der Waals surface area contributed by atoms with Crippen molar-refractivity contribution < 1.29 is 0 Å². The van der Waals surface area contributed by atoms with E-state index in [9.17, 15) is 0 Å². The molecule has 0 bridgehead atoms. The first-order chi connectivity index (χ1) is 7.92. The van der Waals surface area contributed by atoms with Crippen molar-refractivity contribution in [1.29, 1.82) is 0 Å². The van der Waals surface area contributed by atoms with Crippen LogP contribution in [-0.2, 0) is 6.54 Å². The first-order valence-corrected chi connectivity index (χ1v) is 6.99. The molecule has 1 aliphatic carbocycles. The summed E-state index contributed by atoms with van der Waals surface area (Å²) in [5, 5.41) is 9.79. The van der Waals surface area contributed by atoms with Gasteiger partial charge < -0.3 is 5.32 Å². The molecule has 3 rings (SSSR count). The number of nitrogens with one attached hydrogen (secondary N) is 1. The van der Waals surface area contributed by atoms with Gasteiger partial charge in [0.15, 0.2) is 0 Å². The number of halogens is 1. The molecular formula is C11H19ClN4S. The second-order valence-corrected chi connectivity index (χ2v) is 5.46. The highest BCUT2D eigenvalue weighted by atomic mass is 35.5. The standard InChI is InChI=1S/C11H18N4S.ClH/c1-2-9(12-5-1)6-15(11-3-4-11)7-10-8-16-14-13-10;/h8-9,11-12H,1-7H2;1H. The quantitative estimate of drug-likeness (QED) is 0.887. The number of hydrogen-bond acceptors (Lipinski definition) is 5. The molecule has 96 valence electrons. The third-order valence-electron chi connectivity index (χ3n) is 3.45. The van der Waals surface area contributed by atoms with E-state index in [2.05, 4.69) is 25.2 Å². The van der Waals surface area contributed by atoms with Crippen LogP contribution in [0, 0.1) is 0 Å². The SMILES string of the molecule is Cl.c1snnc1CN(CC1CCCN1)C1CC1. The Balaban J connectivity index is 0.00000108. The zero-order valence-corrected chi connectivity index (χ0v) is 11.5. The lowest BCUT2D eigenvalue weighted by atomic mass is 10.2. The molecule has 0 amide bonds. The molecule has 1 aromatic heterocycles. The smallest absolute Gasteiger partial charge is 0.0895 e. The molecule has 0 aromatic carbocycles. The Kier molecular flexibility index (Phi) is 4.73. The van der Waals surface area contributed by atoms with Crippen molar-refractivity contribution in [2.45, 2.75) is 44.3 Å². The second kappa shape index (κ2) is 6.09. The molecule has 4 nitrogen and oxygen atoms in total. The Morgan fingerprint density at radius 2 is 2.29 bits per heavy atom. The predicted molar refractivity (Wildman–Crippen MR) is 71.6 cm³/mol. The first-order valence-electron chi connectivity index (χ1n) is 6.15. The van der Waals surface area contributed by atoms with Crippen LogP contribution in [0.15, 0.2) is 5.38 Å². The summed E-state index contributed by atoms with van der Waals surface area (Å²) in [6, 6.07) is 1.51. The molecule has 2 aliphatic rings. The van der Waals surface area contributed by atoms with Crippen molar-refractivity contribution in [3.8, 4) is 0 Å². The van der Waals surface area contributed by atoms with Crippen molar-refractivity contribution in [3.63, 3.8) is 0 Å². The van der Waals surface area contributed by atoms with Gasteiger partial charge in [-0.1, -0.05) is 4.49 Å². The molecule has 1 saturated heterocycles. The van der Waals surface area contributed by atoms with E-state index in [0.29, 0.717) is 6.04 Å². The number of aromatic nitrogens is 2. The lowest BCUT2D eigenvalue weighted by Gasteiger charge is -2.24. The van der Waals surface area contributed by atoms with Gasteiger partial charge in [0.2, 0.25) is 0 Å². The van der Waals surface area contributed by atoms with Gasteiger partial charge in [-0.15, -0.1) is 17.5 Å². The minimum absolute atomic E-state index is 0. The molecule has 1 saturated carbocycles. The summed E-state index contributed by atoms with van der Waals surface area (Å²) in [5.74, 6) is 0. The van der Waals surface area contributed by atoms with Crippen molar-refractivity contribution in [2.75, 3.05) is 13.1 Å². The predicted octanol–water partition coefficient (Wildman–Crippen LogP) is 1.68. The normalized spacial score (nSPS) is 23.9. The van der Waals surface area contributed by atoms with Crippen LogP contribution < -0.4 is 5.32 Å². The monoisotopic (exact) mass is 274 g/mol. The largest absolute Gasteiger partial charge is 0.313 e. The fraction of sp³-hybridized carbons (Fsp3) is 0.818. The van der Waals surface area contributed by atoms with Gasteiger partial charge in [0.25, 0.3) is 0 Å². The lowest BCUT2D eigenvalue weighted by molar-refractivity contribution is 0.228. The van der Waals surface area contributed by atoms with Crippen LogP contribution in [0.1, 0.15) is 31.4 Å². The Hall–Kier alpha value is -0.230. The molecule has 6 heteroatoms. The highest BCUT2D eigenvalue weighted by Crippen LogP contribution is 2.28. The van der Waals surface area contributed by atoms with Gasteiger partial charge in [-0.2, -0.15) is 0 Å². The lowest BCUT2D eigenvalue weighted by Crippen LogP contribution is -2.38. The van der Waals surface area contributed by atoms with Crippen LogP contribution in [0.5, 0.6) is 0 Å². The van der Waals surface area contributed by atoms with Gasteiger partial charge >= 0.3 is 0 Å². The van der Waals surface area contributed by atoms with Crippen LogP contribution in [0.4, 0.5) is 0 Å². The van der Waals surface area contributed by atoms with E-state index in [0.717, 1.165) is 18.3 Å². The van der Waals surface area contributed by atoms with Crippen LogP contribution in [-0.4, -0.2) is 39.7 Å². The third kappa shape index (κ3) is 3.61. The molecule has 0 spiro atoms. The maximum absolute atomic E-state index is 4.15. The summed E-state index contributed by atoms with van der Waals surface area (Å²) in [5.41, 5.74) is 1.13. The number of nitrogens with zero attached hydrogens (tertiary/aromatic N) is 3. The Bertz CT molecular complexity index is 322. The van der Waals surface area contributed by atoms with Crippen LogP contribution >= 0.6 is 23.9 Å². The summed E-state index contributed by atoms with van der Waals surface area (Å²) in [6.45, 7) is 3.36. The molecule has 1 N–H and O–H groups in total. The Morgan fingerprint density at radius 3 is 2.88 bits per heavy atom. The summed E-state index contributed by atoms with van der Waals surface area (Å²) < 4.78 is 3.94. The summed E-state index contributed by atoms with van der Waals surface area (Å²) >= 11 is 1.45. The fourth-order valence-electron chi connectivity index (χ4n) is 2.44. The molecule has 1 aromatic rings. The molecule has 2 heterocycles. The van der Waals surface area contributed by atoms with E-state index in [1.807, 2.05) is 0 Å². The third-order valence-corrected chi connectivity index (χ3v) is 4.00. The van der Waals surface area contributed by atoms with Crippen molar-refractivity contribution >= 4 is 23.9 Å². The summed E-state index contributed by atoms with van der Waals surface area (Å²) in [6.07, 6.45) is 5.40. The molecular weight excluding hydrogens is 256 g/mol. The molecule has 1 unspecified atom stereocenters. The van der Waals surface area contributed by atoms with Gasteiger partial charge in [-0.25, -0.2) is 0 Å². The first kappa shape index (κ1) is 13.2. The highest BCUT2D eigenvalue weighted by Gasteiger charge is 2.31. The zero-order valence-electron chi connectivity index (χ0n) is 9.84. The maximum atomic E-state index is 4.15. The molecule has 1 atom stereocenters. The average Bonchev–Trinajstić information content (AvgIpc) is 2.79. The van der Waals surface area contributed by atoms with Crippen molar-refractivity contribution in [3.05, 3.63) is 11.1 Å². The minimum atomic E-state index is 0. The van der Waals surface area contributed by atoms with Crippen molar-refractivity contribution in [1.82, 2.24) is 19.8 Å². The van der Waals surface area contributed by atoms with Gasteiger partial charge in [0.1, 0.15) is 0 Å². The summed E-state index contributed by atoms with van der Waals surface area (Å²) in [7, 11) is 0. The van der Waals surface area contributed by atoms with Crippen molar-refractivity contribution in [2.24, 2.45) is 0 Å². The van der Waals surface area contributed by atoms with E-state index in [1.54, 1.807) is 0 Å². The fourth-order valence-corrected chi connectivity index (χ4v) is 2.88. The van der Waals surface area contributed by atoms with E-state index >= 15 is 0 Å². The molecule has 1 aliphatic heterocycles. The highest BCUT2D eigenvalue weighted by molar-refractivity contribution is 7.03. The Labute approximate surface area is 112 Å². The van der Waals surface area contributed by atoms with Gasteiger partial charge in [0, 0.05) is 30.6 Å². The van der Waals surface area contributed by atoms with E-state index in [1.165, 1.54) is 50.3 Å². The Morgan fingerprint density at radius 1 is 1.41 bits per heavy atom. The second-order valence-electron chi connectivity index (χ2n) is 4.85. The van der Waals surface area contributed by atoms with Crippen LogP contribution in [0.3, 0.4) is 0 Å².